The molecule has 0 heterocycles. The molecule has 1 aromatic rings. The molecule has 19 heavy (non-hydrogen) atoms. The highest BCUT2D eigenvalue weighted by atomic mass is 16.5. The monoisotopic (exact) mass is 261 g/mol. The molecule has 1 rings (SSSR count). The second kappa shape index (κ2) is 8.08. The number of carbonyl (C=O) groups excluding carboxylic acids is 2. The van der Waals surface area contributed by atoms with E-state index in [0.29, 0.717) is 6.61 Å². The Bertz CT molecular complexity index is 449. The van der Waals surface area contributed by atoms with Crippen LogP contribution >= 0.6 is 0 Å². The van der Waals surface area contributed by atoms with Crippen LogP contribution in [0.25, 0.3) is 6.08 Å². The number of nitrogens with one attached hydrogen (secondary N) is 1. The lowest BCUT2D eigenvalue weighted by atomic mass is 10.1. The molecule has 0 saturated heterocycles. The molecule has 4 nitrogen and oxygen atoms in total. The fourth-order valence-electron chi connectivity index (χ4n) is 1.47. The van der Waals surface area contributed by atoms with Crippen molar-refractivity contribution in [2.75, 3.05) is 13.2 Å². The maximum Gasteiger partial charge on any atom is 0.325 e. The average Bonchev–Trinajstić information content (AvgIpc) is 2.44. The zero-order valence-corrected chi connectivity index (χ0v) is 11.3. The van der Waals surface area contributed by atoms with E-state index in [2.05, 4.69) is 12.2 Å². The van der Waals surface area contributed by atoms with Crippen molar-refractivity contribution in [1.29, 1.82) is 0 Å². The molecule has 0 saturated carbocycles. The number of ether oxygens (including phenoxy) is 1. The van der Waals surface area contributed by atoms with Crippen LogP contribution in [0.1, 0.15) is 25.0 Å². The highest BCUT2D eigenvalue weighted by molar-refractivity contribution is 5.93. The quantitative estimate of drug-likeness (QED) is 0.629. The molecule has 1 N–H and O–H groups in total. The van der Waals surface area contributed by atoms with Crippen molar-refractivity contribution in [3.05, 3.63) is 41.5 Å². The fraction of sp³-hybridized carbons (Fsp3) is 0.333. The summed E-state index contributed by atoms with van der Waals surface area (Å²) in [4.78, 5) is 22.5. The molecular weight excluding hydrogens is 242 g/mol. The molecule has 0 unspecified atom stereocenters. The van der Waals surface area contributed by atoms with Gasteiger partial charge >= 0.3 is 5.97 Å². The molecule has 102 valence electrons. The lowest BCUT2D eigenvalue weighted by Crippen LogP contribution is -2.29. The van der Waals surface area contributed by atoms with Crippen molar-refractivity contribution < 1.29 is 14.3 Å². The van der Waals surface area contributed by atoms with Gasteiger partial charge in [-0.05, 0) is 30.5 Å². The first-order chi connectivity index (χ1) is 9.15. The Labute approximate surface area is 113 Å². The van der Waals surface area contributed by atoms with Crippen LogP contribution in [0.5, 0.6) is 0 Å². The van der Waals surface area contributed by atoms with Crippen molar-refractivity contribution in [3.63, 3.8) is 0 Å². The Balaban J connectivity index is 2.42. The minimum absolute atomic E-state index is 0.105. The number of aryl methyl sites for hydroxylation is 1. The summed E-state index contributed by atoms with van der Waals surface area (Å²) >= 11 is 0. The molecule has 1 aromatic carbocycles. The third-order valence-electron chi connectivity index (χ3n) is 2.53. The van der Waals surface area contributed by atoms with E-state index in [4.69, 9.17) is 4.74 Å². The first-order valence-electron chi connectivity index (χ1n) is 6.36. The summed E-state index contributed by atoms with van der Waals surface area (Å²) < 4.78 is 4.70. The van der Waals surface area contributed by atoms with Gasteiger partial charge in [0.05, 0.1) is 6.61 Å². The van der Waals surface area contributed by atoms with Crippen LogP contribution in [0.15, 0.2) is 30.3 Å². The maximum absolute atomic E-state index is 11.4. The predicted octanol–water partition coefficient (Wildman–Crippen LogP) is 1.94. The molecule has 0 atom stereocenters. The minimum atomic E-state index is -0.434. The van der Waals surface area contributed by atoms with Crippen molar-refractivity contribution in [2.24, 2.45) is 0 Å². The second-order valence-electron chi connectivity index (χ2n) is 3.95. The number of benzene rings is 1. The average molecular weight is 261 g/mol. The van der Waals surface area contributed by atoms with Gasteiger partial charge in [0.2, 0.25) is 5.91 Å². The van der Waals surface area contributed by atoms with Gasteiger partial charge in [-0.25, -0.2) is 0 Å². The van der Waals surface area contributed by atoms with Crippen LogP contribution in [0, 0.1) is 0 Å². The SMILES string of the molecule is CCOC(=O)CNC(=O)/C=C/c1ccc(CC)cc1. The van der Waals surface area contributed by atoms with Crippen LogP contribution in [-0.2, 0) is 20.7 Å². The fourth-order valence-corrected chi connectivity index (χ4v) is 1.47. The summed E-state index contributed by atoms with van der Waals surface area (Å²) in [7, 11) is 0. The van der Waals surface area contributed by atoms with Crippen molar-refractivity contribution in [2.45, 2.75) is 20.3 Å². The van der Waals surface area contributed by atoms with E-state index >= 15 is 0 Å². The number of esters is 1. The number of hydrogen-bond acceptors (Lipinski definition) is 3. The number of carbonyl (C=O) groups is 2. The Morgan fingerprint density at radius 2 is 1.89 bits per heavy atom. The zero-order chi connectivity index (χ0) is 14.1. The van der Waals surface area contributed by atoms with E-state index in [1.54, 1.807) is 13.0 Å². The standard InChI is InChI=1S/C15H19NO3/c1-3-12-5-7-13(8-6-12)9-10-14(17)16-11-15(18)19-4-2/h5-10H,3-4,11H2,1-2H3,(H,16,17)/b10-9+. The summed E-state index contributed by atoms with van der Waals surface area (Å²) in [6.45, 7) is 4.02. The van der Waals surface area contributed by atoms with Crippen molar-refractivity contribution >= 4 is 18.0 Å². The Morgan fingerprint density at radius 1 is 1.21 bits per heavy atom. The van der Waals surface area contributed by atoms with Gasteiger partial charge in [0, 0.05) is 6.08 Å². The molecule has 0 bridgehead atoms. The third kappa shape index (κ3) is 5.86. The summed E-state index contributed by atoms with van der Waals surface area (Å²) in [5.74, 6) is -0.746. The van der Waals surface area contributed by atoms with Crippen LogP contribution < -0.4 is 5.32 Å². The zero-order valence-electron chi connectivity index (χ0n) is 11.3. The topological polar surface area (TPSA) is 55.4 Å². The van der Waals surface area contributed by atoms with Gasteiger partial charge in [-0.3, -0.25) is 9.59 Å². The van der Waals surface area contributed by atoms with E-state index in [-0.39, 0.29) is 12.5 Å². The number of hydrogen-bond donors (Lipinski definition) is 1. The smallest absolute Gasteiger partial charge is 0.325 e. The normalized spacial score (nSPS) is 10.4. The molecule has 1 amide bonds. The lowest BCUT2D eigenvalue weighted by Gasteiger charge is -2.02. The van der Waals surface area contributed by atoms with Crippen LogP contribution in [0.2, 0.25) is 0 Å². The summed E-state index contributed by atoms with van der Waals surface area (Å²) in [5.41, 5.74) is 2.20. The van der Waals surface area contributed by atoms with Gasteiger partial charge in [-0.2, -0.15) is 0 Å². The Kier molecular flexibility index (Phi) is 6.36. The lowest BCUT2D eigenvalue weighted by molar-refractivity contribution is -0.143. The van der Waals surface area contributed by atoms with Crippen LogP contribution in [0.3, 0.4) is 0 Å². The van der Waals surface area contributed by atoms with Gasteiger partial charge in [0.15, 0.2) is 0 Å². The molecule has 0 spiro atoms. The Hall–Kier alpha value is -2.10. The first kappa shape index (κ1) is 15.0. The van der Waals surface area contributed by atoms with E-state index in [1.807, 2.05) is 24.3 Å². The highest BCUT2D eigenvalue weighted by Gasteiger charge is 2.02. The largest absolute Gasteiger partial charge is 0.465 e. The van der Waals surface area contributed by atoms with E-state index in [1.165, 1.54) is 11.6 Å². The molecule has 0 radical (unpaired) electrons. The molecule has 0 aliphatic heterocycles. The predicted molar refractivity (Wildman–Crippen MR) is 74.5 cm³/mol. The molecule has 4 heteroatoms. The summed E-state index contributed by atoms with van der Waals surface area (Å²) in [5, 5.41) is 2.46. The van der Waals surface area contributed by atoms with Crippen molar-refractivity contribution in [1.82, 2.24) is 5.32 Å². The van der Waals surface area contributed by atoms with E-state index < -0.39 is 5.97 Å². The van der Waals surface area contributed by atoms with Gasteiger partial charge in [0.25, 0.3) is 0 Å². The van der Waals surface area contributed by atoms with Gasteiger partial charge in [-0.1, -0.05) is 31.2 Å². The van der Waals surface area contributed by atoms with Crippen molar-refractivity contribution in [3.8, 4) is 0 Å². The molecule has 0 aromatic heterocycles. The van der Waals surface area contributed by atoms with E-state index in [0.717, 1.165) is 12.0 Å². The summed E-state index contributed by atoms with van der Waals surface area (Å²) in [6.07, 6.45) is 4.10. The summed E-state index contributed by atoms with van der Waals surface area (Å²) in [6, 6.07) is 7.95. The maximum atomic E-state index is 11.4. The second-order valence-corrected chi connectivity index (χ2v) is 3.95. The molecule has 0 fully saturated rings. The molecule has 0 aliphatic rings. The number of rotatable bonds is 6. The molecular formula is C15H19NO3. The Morgan fingerprint density at radius 3 is 2.47 bits per heavy atom. The van der Waals surface area contributed by atoms with Crippen LogP contribution in [-0.4, -0.2) is 25.0 Å². The van der Waals surface area contributed by atoms with Crippen LogP contribution in [0.4, 0.5) is 0 Å². The third-order valence-corrected chi connectivity index (χ3v) is 2.53. The number of amides is 1. The van der Waals surface area contributed by atoms with Gasteiger partial charge < -0.3 is 10.1 Å². The minimum Gasteiger partial charge on any atom is -0.465 e. The highest BCUT2D eigenvalue weighted by Crippen LogP contribution is 2.06. The van der Waals surface area contributed by atoms with Gasteiger partial charge in [0.1, 0.15) is 6.54 Å². The molecule has 0 aliphatic carbocycles. The first-order valence-corrected chi connectivity index (χ1v) is 6.36. The van der Waals surface area contributed by atoms with Gasteiger partial charge in [-0.15, -0.1) is 0 Å². The van der Waals surface area contributed by atoms with E-state index in [9.17, 15) is 9.59 Å².